The number of rotatable bonds is 4. The van der Waals surface area contributed by atoms with E-state index in [0.717, 1.165) is 24.8 Å². The molecule has 2 N–H and O–H groups in total. The molecule has 3 heteroatoms. The molecular weight excluding hydrogens is 253 g/mol. The van der Waals surface area contributed by atoms with Gasteiger partial charge in [0.1, 0.15) is 5.82 Å². The number of halogens is 1. The summed E-state index contributed by atoms with van der Waals surface area (Å²) in [6.45, 7) is 6.72. The third-order valence-corrected chi connectivity index (χ3v) is 4.53. The van der Waals surface area contributed by atoms with Gasteiger partial charge in [-0.05, 0) is 49.8 Å². The fraction of sp³-hybridized carbons (Fsp3) is 0.647. The molecule has 0 bridgehead atoms. The summed E-state index contributed by atoms with van der Waals surface area (Å²) in [6.07, 6.45) is 4.36. The van der Waals surface area contributed by atoms with Crippen molar-refractivity contribution in [2.45, 2.75) is 58.1 Å². The first-order valence-corrected chi connectivity index (χ1v) is 7.64. The van der Waals surface area contributed by atoms with E-state index in [0.29, 0.717) is 18.1 Å². The maximum atomic E-state index is 13.4. The summed E-state index contributed by atoms with van der Waals surface area (Å²) in [5.41, 5.74) is 7.85. The van der Waals surface area contributed by atoms with E-state index in [9.17, 15) is 4.39 Å². The Morgan fingerprint density at radius 3 is 2.85 bits per heavy atom. The van der Waals surface area contributed by atoms with Crippen molar-refractivity contribution in [3.05, 3.63) is 35.1 Å². The van der Waals surface area contributed by atoms with E-state index in [1.54, 1.807) is 13.0 Å². The second-order valence-corrected chi connectivity index (χ2v) is 6.19. The van der Waals surface area contributed by atoms with Gasteiger partial charge in [0, 0.05) is 6.61 Å². The normalized spacial score (nSPS) is 28.4. The second kappa shape index (κ2) is 6.23. The lowest BCUT2D eigenvalue weighted by Crippen LogP contribution is -2.47. The molecule has 0 amide bonds. The van der Waals surface area contributed by atoms with Crippen LogP contribution in [-0.2, 0) is 4.74 Å². The summed E-state index contributed by atoms with van der Waals surface area (Å²) in [4.78, 5) is 0. The molecule has 112 valence electrons. The first-order valence-electron chi connectivity index (χ1n) is 7.64. The van der Waals surface area contributed by atoms with Gasteiger partial charge >= 0.3 is 0 Å². The number of nitrogens with two attached hydrogens (primary N) is 1. The van der Waals surface area contributed by atoms with Gasteiger partial charge in [-0.3, -0.25) is 0 Å². The van der Waals surface area contributed by atoms with Crippen LogP contribution >= 0.6 is 0 Å². The van der Waals surface area contributed by atoms with Crippen LogP contribution in [0.5, 0.6) is 0 Å². The van der Waals surface area contributed by atoms with Gasteiger partial charge in [-0.25, -0.2) is 4.39 Å². The maximum Gasteiger partial charge on any atom is 0.126 e. The van der Waals surface area contributed by atoms with Crippen molar-refractivity contribution in [2.75, 3.05) is 6.61 Å². The molecule has 2 rings (SSSR count). The minimum atomic E-state index is -0.295. The predicted octanol–water partition coefficient (Wildman–Crippen LogP) is 4.12. The standard InChI is InChI=1S/C17H26FNO/c1-4-20-17(9-5-6-12(2)11-17)16(19)14-7-8-15(18)13(3)10-14/h7-8,10,12,16H,4-6,9,11,19H2,1-3H3. The van der Waals surface area contributed by atoms with Crippen molar-refractivity contribution < 1.29 is 9.13 Å². The molecule has 0 radical (unpaired) electrons. The number of hydrogen-bond acceptors (Lipinski definition) is 2. The number of hydrogen-bond donors (Lipinski definition) is 1. The molecule has 1 aliphatic rings. The Kier molecular flexibility index (Phi) is 4.82. The monoisotopic (exact) mass is 279 g/mol. The molecule has 0 aromatic heterocycles. The number of aryl methyl sites for hydroxylation is 1. The zero-order chi connectivity index (χ0) is 14.8. The van der Waals surface area contributed by atoms with Crippen molar-refractivity contribution in [1.29, 1.82) is 0 Å². The van der Waals surface area contributed by atoms with Gasteiger partial charge in [0.15, 0.2) is 0 Å². The first-order chi connectivity index (χ1) is 9.48. The summed E-state index contributed by atoms with van der Waals surface area (Å²) in [5.74, 6) is 0.450. The van der Waals surface area contributed by atoms with Gasteiger partial charge in [-0.15, -0.1) is 0 Å². The van der Waals surface area contributed by atoms with Crippen LogP contribution < -0.4 is 5.73 Å². The Morgan fingerprint density at radius 2 is 2.25 bits per heavy atom. The summed E-state index contributed by atoms with van der Waals surface area (Å²) in [7, 11) is 0. The minimum absolute atomic E-state index is 0.177. The smallest absolute Gasteiger partial charge is 0.126 e. The van der Waals surface area contributed by atoms with Crippen LogP contribution in [0.1, 0.15) is 56.7 Å². The van der Waals surface area contributed by atoms with E-state index in [2.05, 4.69) is 6.92 Å². The van der Waals surface area contributed by atoms with Crippen LogP contribution in [0.25, 0.3) is 0 Å². The van der Waals surface area contributed by atoms with E-state index < -0.39 is 0 Å². The molecule has 1 aliphatic carbocycles. The van der Waals surface area contributed by atoms with E-state index >= 15 is 0 Å². The van der Waals surface area contributed by atoms with E-state index in [-0.39, 0.29) is 17.5 Å². The van der Waals surface area contributed by atoms with Gasteiger partial charge in [0.25, 0.3) is 0 Å². The van der Waals surface area contributed by atoms with Crippen LogP contribution in [-0.4, -0.2) is 12.2 Å². The average Bonchev–Trinajstić information content (AvgIpc) is 2.41. The van der Waals surface area contributed by atoms with Crippen LogP contribution in [0.3, 0.4) is 0 Å². The molecule has 3 atom stereocenters. The van der Waals surface area contributed by atoms with E-state index in [4.69, 9.17) is 10.5 Å². The predicted molar refractivity (Wildman–Crippen MR) is 80.1 cm³/mol. The Morgan fingerprint density at radius 1 is 1.50 bits per heavy atom. The van der Waals surface area contributed by atoms with Crippen molar-refractivity contribution in [1.82, 2.24) is 0 Å². The van der Waals surface area contributed by atoms with Crippen molar-refractivity contribution in [2.24, 2.45) is 11.7 Å². The molecule has 1 saturated carbocycles. The SMILES string of the molecule is CCOC1(C(N)c2ccc(F)c(C)c2)CCCC(C)C1. The fourth-order valence-electron chi connectivity index (χ4n) is 3.50. The summed E-state index contributed by atoms with van der Waals surface area (Å²) < 4.78 is 19.5. The zero-order valence-corrected chi connectivity index (χ0v) is 12.8. The lowest BCUT2D eigenvalue weighted by Gasteiger charge is -2.44. The molecule has 2 nitrogen and oxygen atoms in total. The average molecular weight is 279 g/mol. The van der Waals surface area contributed by atoms with E-state index in [1.165, 1.54) is 12.5 Å². The Balaban J connectivity index is 2.30. The van der Waals surface area contributed by atoms with Gasteiger partial charge < -0.3 is 10.5 Å². The molecule has 20 heavy (non-hydrogen) atoms. The first kappa shape index (κ1) is 15.5. The zero-order valence-electron chi connectivity index (χ0n) is 12.8. The van der Waals surface area contributed by atoms with Gasteiger partial charge in [0.2, 0.25) is 0 Å². The number of benzene rings is 1. The van der Waals surface area contributed by atoms with Crippen LogP contribution in [0.15, 0.2) is 18.2 Å². The molecule has 0 aliphatic heterocycles. The molecule has 1 fully saturated rings. The van der Waals surface area contributed by atoms with Crippen molar-refractivity contribution in [3.8, 4) is 0 Å². The summed E-state index contributed by atoms with van der Waals surface area (Å²) in [5, 5.41) is 0. The molecular formula is C17H26FNO. The minimum Gasteiger partial charge on any atom is -0.373 e. The largest absolute Gasteiger partial charge is 0.373 e. The van der Waals surface area contributed by atoms with Gasteiger partial charge in [0.05, 0.1) is 11.6 Å². The molecule has 0 heterocycles. The van der Waals surface area contributed by atoms with E-state index in [1.807, 2.05) is 13.0 Å². The summed E-state index contributed by atoms with van der Waals surface area (Å²) in [6, 6.07) is 4.98. The lowest BCUT2D eigenvalue weighted by molar-refractivity contribution is -0.0938. The molecule has 1 aromatic rings. The van der Waals surface area contributed by atoms with Gasteiger partial charge in [-0.1, -0.05) is 31.9 Å². The Hall–Kier alpha value is -0.930. The topological polar surface area (TPSA) is 35.2 Å². The third-order valence-electron chi connectivity index (χ3n) is 4.53. The lowest BCUT2D eigenvalue weighted by atomic mass is 9.73. The maximum absolute atomic E-state index is 13.4. The summed E-state index contributed by atoms with van der Waals surface area (Å²) >= 11 is 0. The highest BCUT2D eigenvalue weighted by Gasteiger charge is 2.41. The Labute approximate surface area is 121 Å². The van der Waals surface area contributed by atoms with Crippen LogP contribution in [0, 0.1) is 18.7 Å². The van der Waals surface area contributed by atoms with Crippen molar-refractivity contribution >= 4 is 0 Å². The highest BCUT2D eigenvalue weighted by Crippen LogP contribution is 2.42. The third kappa shape index (κ3) is 3.04. The Bertz CT molecular complexity index is 458. The molecule has 1 aromatic carbocycles. The second-order valence-electron chi connectivity index (χ2n) is 6.19. The number of ether oxygens (including phenoxy) is 1. The quantitative estimate of drug-likeness (QED) is 0.899. The van der Waals surface area contributed by atoms with Crippen LogP contribution in [0.4, 0.5) is 4.39 Å². The highest BCUT2D eigenvalue weighted by atomic mass is 19.1. The fourth-order valence-corrected chi connectivity index (χ4v) is 3.50. The molecule has 3 unspecified atom stereocenters. The highest BCUT2D eigenvalue weighted by molar-refractivity contribution is 5.28. The van der Waals surface area contributed by atoms with Gasteiger partial charge in [-0.2, -0.15) is 0 Å². The molecule has 0 spiro atoms. The van der Waals surface area contributed by atoms with Crippen LogP contribution in [0.2, 0.25) is 0 Å². The molecule has 0 saturated heterocycles. The van der Waals surface area contributed by atoms with Crippen molar-refractivity contribution in [3.63, 3.8) is 0 Å².